The molecule has 0 aromatic carbocycles. The smallest absolute Gasteiger partial charge is 0.338 e. The number of carbonyl (C=O) groups is 1. The minimum Gasteiger partial charge on any atom is -0.465 e. The molecule has 0 heterocycles. The summed E-state index contributed by atoms with van der Waals surface area (Å²) in [4.78, 5) is 10.4. The summed E-state index contributed by atoms with van der Waals surface area (Å²) in [6, 6.07) is 0. The van der Waals surface area contributed by atoms with Crippen LogP contribution in [0.25, 0.3) is 0 Å². The van der Waals surface area contributed by atoms with Gasteiger partial charge < -0.3 is 9.47 Å². The zero-order valence-electron chi connectivity index (χ0n) is 6.09. The second-order valence-corrected chi connectivity index (χ2v) is 1.49. The Morgan fingerprint density at radius 3 is 2.80 bits per heavy atom. The highest BCUT2D eigenvalue weighted by molar-refractivity contribution is 5.81. The van der Waals surface area contributed by atoms with Crippen LogP contribution in [0.4, 0.5) is 0 Å². The Labute approximate surface area is 59.9 Å². The van der Waals surface area contributed by atoms with Crippen LogP contribution in [0.5, 0.6) is 0 Å². The third-order valence-electron chi connectivity index (χ3n) is 0.770. The molecule has 0 aliphatic carbocycles. The first-order valence-corrected chi connectivity index (χ1v) is 2.79. The first kappa shape index (κ1) is 8.95. The minimum atomic E-state index is -0.410. The van der Waals surface area contributed by atoms with Gasteiger partial charge in [-0.15, -0.1) is 5.73 Å². The van der Waals surface area contributed by atoms with E-state index in [4.69, 9.17) is 0 Å². The standard InChI is InChI=1S/C7H10O3/c1-9-6-4-3-5-7(8)10-2/h4-5H,6H2,1-2H3. The van der Waals surface area contributed by atoms with E-state index in [2.05, 4.69) is 15.2 Å². The summed E-state index contributed by atoms with van der Waals surface area (Å²) >= 11 is 0. The fourth-order valence-electron chi connectivity index (χ4n) is 0.317. The lowest BCUT2D eigenvalue weighted by molar-refractivity contribution is -0.134. The van der Waals surface area contributed by atoms with Gasteiger partial charge in [-0.2, -0.15) is 0 Å². The van der Waals surface area contributed by atoms with Gasteiger partial charge in [0.1, 0.15) is 0 Å². The van der Waals surface area contributed by atoms with Gasteiger partial charge in [0.15, 0.2) is 0 Å². The minimum absolute atomic E-state index is 0.410. The number of rotatable bonds is 3. The molecule has 3 heteroatoms. The van der Waals surface area contributed by atoms with E-state index >= 15 is 0 Å². The van der Waals surface area contributed by atoms with Crippen molar-refractivity contribution >= 4 is 5.97 Å². The average Bonchev–Trinajstić information content (AvgIpc) is 1.98. The number of methoxy groups -OCH3 is 2. The molecule has 0 aliphatic heterocycles. The molecule has 0 radical (unpaired) electrons. The van der Waals surface area contributed by atoms with Crippen molar-refractivity contribution in [1.29, 1.82) is 0 Å². The summed E-state index contributed by atoms with van der Waals surface area (Å²) < 4.78 is 8.98. The van der Waals surface area contributed by atoms with E-state index in [0.29, 0.717) is 6.61 Å². The average molecular weight is 142 g/mol. The van der Waals surface area contributed by atoms with E-state index in [9.17, 15) is 4.79 Å². The maximum Gasteiger partial charge on any atom is 0.338 e. The highest BCUT2D eigenvalue weighted by Gasteiger charge is 1.85. The van der Waals surface area contributed by atoms with E-state index in [1.165, 1.54) is 13.2 Å². The molecule has 0 spiro atoms. The Morgan fingerprint density at radius 2 is 2.30 bits per heavy atom. The SMILES string of the molecule is COCC=C=CC(=O)OC. The van der Waals surface area contributed by atoms with Crippen LogP contribution in [0.3, 0.4) is 0 Å². The molecule has 0 aromatic rings. The number of carbonyl (C=O) groups excluding carboxylic acids is 1. The number of hydrogen-bond donors (Lipinski definition) is 0. The normalized spacial score (nSPS) is 7.80. The number of hydrogen-bond acceptors (Lipinski definition) is 3. The van der Waals surface area contributed by atoms with E-state index in [1.54, 1.807) is 13.2 Å². The van der Waals surface area contributed by atoms with Gasteiger partial charge in [-0.3, -0.25) is 0 Å². The van der Waals surface area contributed by atoms with Gasteiger partial charge in [0, 0.05) is 7.11 Å². The summed E-state index contributed by atoms with van der Waals surface area (Å²) in [5.41, 5.74) is 2.59. The van der Waals surface area contributed by atoms with Crippen LogP contribution >= 0.6 is 0 Å². The number of ether oxygens (including phenoxy) is 2. The molecule has 0 unspecified atom stereocenters. The molecular formula is C7H10O3. The molecule has 0 saturated heterocycles. The van der Waals surface area contributed by atoms with Crippen LogP contribution in [0.2, 0.25) is 0 Å². The number of esters is 1. The van der Waals surface area contributed by atoms with Gasteiger partial charge in [-0.1, -0.05) is 0 Å². The Hall–Kier alpha value is -1.05. The summed E-state index contributed by atoms with van der Waals surface area (Å²) in [7, 11) is 2.88. The molecule has 0 aliphatic rings. The lowest BCUT2D eigenvalue weighted by Gasteiger charge is -1.85. The maximum absolute atomic E-state index is 10.4. The van der Waals surface area contributed by atoms with Crippen molar-refractivity contribution in [2.45, 2.75) is 0 Å². The predicted octanol–water partition coefficient (Wildman–Crippen LogP) is 0.517. The van der Waals surface area contributed by atoms with E-state index in [-0.39, 0.29) is 0 Å². The second-order valence-electron chi connectivity index (χ2n) is 1.49. The first-order valence-electron chi connectivity index (χ1n) is 2.79. The molecule has 0 saturated carbocycles. The lowest BCUT2D eigenvalue weighted by atomic mass is 10.5. The van der Waals surface area contributed by atoms with Crippen molar-refractivity contribution in [1.82, 2.24) is 0 Å². The Kier molecular flexibility index (Phi) is 5.44. The second kappa shape index (κ2) is 6.08. The van der Waals surface area contributed by atoms with Gasteiger partial charge in [0.05, 0.1) is 19.8 Å². The molecule has 0 N–H and O–H groups in total. The van der Waals surface area contributed by atoms with Gasteiger partial charge in [0.25, 0.3) is 0 Å². The quantitative estimate of drug-likeness (QED) is 0.327. The van der Waals surface area contributed by atoms with Crippen LogP contribution < -0.4 is 0 Å². The highest BCUT2D eigenvalue weighted by Crippen LogP contribution is 1.74. The van der Waals surface area contributed by atoms with Crippen molar-refractivity contribution in [3.63, 3.8) is 0 Å². The van der Waals surface area contributed by atoms with E-state index in [0.717, 1.165) is 0 Å². The molecule has 56 valence electrons. The molecular weight excluding hydrogens is 132 g/mol. The first-order chi connectivity index (χ1) is 4.81. The van der Waals surface area contributed by atoms with Crippen molar-refractivity contribution in [3.05, 3.63) is 17.9 Å². The third-order valence-corrected chi connectivity index (χ3v) is 0.770. The maximum atomic E-state index is 10.4. The summed E-state index contributed by atoms with van der Waals surface area (Å²) in [5, 5.41) is 0. The Bertz CT molecular complexity index is 154. The van der Waals surface area contributed by atoms with Gasteiger partial charge in [-0.05, 0) is 6.08 Å². The molecule has 0 rings (SSSR count). The highest BCUT2D eigenvalue weighted by atomic mass is 16.5. The fraction of sp³-hybridized carbons (Fsp3) is 0.429. The van der Waals surface area contributed by atoms with Crippen molar-refractivity contribution < 1.29 is 14.3 Å². The predicted molar refractivity (Wildman–Crippen MR) is 36.5 cm³/mol. The summed E-state index contributed by atoms with van der Waals surface area (Å²) in [6.45, 7) is 0.452. The zero-order chi connectivity index (χ0) is 7.82. The van der Waals surface area contributed by atoms with Gasteiger partial charge in [0.2, 0.25) is 0 Å². The molecule has 10 heavy (non-hydrogen) atoms. The zero-order valence-corrected chi connectivity index (χ0v) is 6.09. The van der Waals surface area contributed by atoms with Gasteiger partial charge >= 0.3 is 5.97 Å². The lowest BCUT2D eigenvalue weighted by Crippen LogP contribution is -1.92. The fourth-order valence-corrected chi connectivity index (χ4v) is 0.317. The van der Waals surface area contributed by atoms with Gasteiger partial charge in [-0.25, -0.2) is 4.79 Å². The van der Waals surface area contributed by atoms with Crippen molar-refractivity contribution in [2.24, 2.45) is 0 Å². The Morgan fingerprint density at radius 1 is 1.60 bits per heavy atom. The molecule has 3 nitrogen and oxygen atoms in total. The van der Waals surface area contributed by atoms with Crippen LogP contribution in [0.1, 0.15) is 0 Å². The van der Waals surface area contributed by atoms with Crippen molar-refractivity contribution in [2.75, 3.05) is 20.8 Å². The van der Waals surface area contributed by atoms with E-state index < -0.39 is 5.97 Å². The van der Waals surface area contributed by atoms with E-state index in [1.807, 2.05) is 0 Å². The van der Waals surface area contributed by atoms with Crippen LogP contribution in [0, 0.1) is 0 Å². The molecule has 0 amide bonds. The molecule has 0 atom stereocenters. The van der Waals surface area contributed by atoms with Crippen LogP contribution in [0.15, 0.2) is 17.9 Å². The van der Waals surface area contributed by atoms with Crippen molar-refractivity contribution in [3.8, 4) is 0 Å². The topological polar surface area (TPSA) is 35.5 Å². The monoisotopic (exact) mass is 142 g/mol. The molecule has 0 aromatic heterocycles. The largest absolute Gasteiger partial charge is 0.465 e. The summed E-state index contributed by atoms with van der Waals surface area (Å²) in [6.07, 6.45) is 2.80. The molecule has 0 fully saturated rings. The summed E-state index contributed by atoms with van der Waals surface area (Å²) in [5.74, 6) is -0.410. The van der Waals surface area contributed by atoms with Crippen LogP contribution in [-0.4, -0.2) is 26.8 Å². The van der Waals surface area contributed by atoms with Crippen LogP contribution in [-0.2, 0) is 14.3 Å². The molecule has 0 bridgehead atoms. The third kappa shape index (κ3) is 5.09. The Balaban J connectivity index is 3.62.